The SMILES string of the molecule is CCCCc1cc2cc(C3CN(C(=O)OC(C)(C)C)C3)[nH]c2nn1. The van der Waals surface area contributed by atoms with E-state index in [1.807, 2.05) is 20.8 Å². The molecular formula is C18H26N4O2. The molecule has 0 atom stereocenters. The minimum absolute atomic E-state index is 0.239. The van der Waals surface area contributed by atoms with Crippen LogP contribution in [0.25, 0.3) is 11.0 Å². The van der Waals surface area contributed by atoms with E-state index in [0.717, 1.165) is 41.7 Å². The summed E-state index contributed by atoms with van der Waals surface area (Å²) < 4.78 is 5.39. The van der Waals surface area contributed by atoms with Crippen LogP contribution >= 0.6 is 0 Å². The van der Waals surface area contributed by atoms with Gasteiger partial charge in [-0.3, -0.25) is 0 Å². The smallest absolute Gasteiger partial charge is 0.410 e. The van der Waals surface area contributed by atoms with Gasteiger partial charge in [0.2, 0.25) is 0 Å². The Kier molecular flexibility index (Phi) is 4.47. The molecule has 1 N–H and O–H groups in total. The van der Waals surface area contributed by atoms with Crippen molar-refractivity contribution >= 4 is 17.1 Å². The van der Waals surface area contributed by atoms with Crippen LogP contribution in [0.2, 0.25) is 0 Å². The van der Waals surface area contributed by atoms with Crippen molar-refractivity contribution in [3.8, 4) is 0 Å². The summed E-state index contributed by atoms with van der Waals surface area (Å²) in [5, 5.41) is 9.66. The van der Waals surface area contributed by atoms with Crippen LogP contribution in [0.4, 0.5) is 4.79 Å². The second-order valence-electron chi connectivity index (χ2n) is 7.55. The van der Waals surface area contributed by atoms with Gasteiger partial charge in [0, 0.05) is 30.1 Å². The van der Waals surface area contributed by atoms with E-state index >= 15 is 0 Å². The summed E-state index contributed by atoms with van der Waals surface area (Å²) in [6.45, 7) is 9.18. The molecule has 2 aromatic heterocycles. The fourth-order valence-electron chi connectivity index (χ4n) is 2.85. The van der Waals surface area contributed by atoms with Gasteiger partial charge in [-0.1, -0.05) is 13.3 Å². The molecular weight excluding hydrogens is 304 g/mol. The molecule has 2 aromatic rings. The van der Waals surface area contributed by atoms with Crippen molar-refractivity contribution in [1.29, 1.82) is 0 Å². The van der Waals surface area contributed by atoms with Crippen molar-refractivity contribution in [1.82, 2.24) is 20.1 Å². The molecule has 130 valence electrons. The second kappa shape index (κ2) is 6.42. The standard InChI is InChI=1S/C18H26N4O2/c1-5-6-7-14-8-12-9-15(19-16(12)21-20-14)13-10-22(11-13)17(23)24-18(2,3)4/h8-9,13H,5-7,10-11H2,1-4H3,(H,19,21). The first-order valence-corrected chi connectivity index (χ1v) is 8.69. The zero-order valence-corrected chi connectivity index (χ0v) is 14.9. The molecule has 3 rings (SSSR count). The van der Waals surface area contributed by atoms with E-state index in [1.54, 1.807) is 4.90 Å². The van der Waals surface area contributed by atoms with Crippen molar-refractivity contribution < 1.29 is 9.53 Å². The Bertz CT molecular complexity index is 726. The number of carbonyl (C=O) groups excluding carboxylic acids is 1. The lowest BCUT2D eigenvalue weighted by atomic mass is 9.97. The van der Waals surface area contributed by atoms with E-state index in [-0.39, 0.29) is 6.09 Å². The van der Waals surface area contributed by atoms with Gasteiger partial charge in [0.25, 0.3) is 0 Å². The van der Waals surface area contributed by atoms with Crippen LogP contribution < -0.4 is 0 Å². The average Bonchev–Trinajstić information content (AvgIpc) is 2.83. The summed E-state index contributed by atoms with van der Waals surface area (Å²) >= 11 is 0. The summed E-state index contributed by atoms with van der Waals surface area (Å²) in [5.41, 5.74) is 2.53. The lowest BCUT2D eigenvalue weighted by molar-refractivity contribution is 0.00793. The highest BCUT2D eigenvalue weighted by molar-refractivity contribution is 5.77. The van der Waals surface area contributed by atoms with Crippen LogP contribution in [-0.4, -0.2) is 44.9 Å². The Morgan fingerprint density at radius 3 is 2.75 bits per heavy atom. The number of fused-ring (bicyclic) bond motifs is 1. The molecule has 1 saturated heterocycles. The van der Waals surface area contributed by atoms with Gasteiger partial charge in [-0.25, -0.2) is 4.79 Å². The van der Waals surface area contributed by atoms with Crippen LogP contribution in [0, 0.1) is 0 Å². The molecule has 0 spiro atoms. The number of nitrogens with zero attached hydrogens (tertiary/aromatic N) is 3. The minimum atomic E-state index is -0.451. The summed E-state index contributed by atoms with van der Waals surface area (Å²) in [6, 6.07) is 4.25. The van der Waals surface area contributed by atoms with Gasteiger partial charge in [-0.15, -0.1) is 5.10 Å². The molecule has 0 saturated carbocycles. The average molecular weight is 330 g/mol. The van der Waals surface area contributed by atoms with E-state index in [1.165, 1.54) is 0 Å². The minimum Gasteiger partial charge on any atom is -0.444 e. The molecule has 0 aromatic carbocycles. The molecule has 0 aliphatic carbocycles. The maximum absolute atomic E-state index is 12.0. The van der Waals surface area contributed by atoms with Crippen LogP contribution in [0.3, 0.4) is 0 Å². The lowest BCUT2D eigenvalue weighted by Gasteiger charge is -2.39. The fourth-order valence-corrected chi connectivity index (χ4v) is 2.85. The molecule has 0 bridgehead atoms. The normalized spacial score (nSPS) is 15.6. The molecule has 0 radical (unpaired) electrons. The van der Waals surface area contributed by atoms with Gasteiger partial charge < -0.3 is 14.6 Å². The number of hydrogen-bond acceptors (Lipinski definition) is 4. The van der Waals surface area contributed by atoms with Crippen LogP contribution in [-0.2, 0) is 11.2 Å². The van der Waals surface area contributed by atoms with Crippen molar-refractivity contribution in [3.63, 3.8) is 0 Å². The number of unbranched alkanes of at least 4 members (excludes halogenated alkanes) is 1. The maximum Gasteiger partial charge on any atom is 0.410 e. The Morgan fingerprint density at radius 2 is 2.08 bits per heavy atom. The highest BCUT2D eigenvalue weighted by Gasteiger charge is 2.35. The molecule has 6 heteroatoms. The number of H-pyrrole nitrogens is 1. The molecule has 6 nitrogen and oxygen atoms in total. The molecule has 1 fully saturated rings. The molecule has 3 heterocycles. The van der Waals surface area contributed by atoms with Crippen molar-refractivity contribution in [3.05, 3.63) is 23.5 Å². The predicted octanol–water partition coefficient (Wildman–Crippen LogP) is 3.63. The number of carbonyl (C=O) groups is 1. The van der Waals surface area contributed by atoms with Gasteiger partial charge in [-0.2, -0.15) is 5.10 Å². The highest BCUT2D eigenvalue weighted by Crippen LogP contribution is 2.29. The summed E-state index contributed by atoms with van der Waals surface area (Å²) in [7, 11) is 0. The topological polar surface area (TPSA) is 71.1 Å². The number of aromatic nitrogens is 3. The van der Waals surface area contributed by atoms with Crippen molar-refractivity contribution in [2.45, 2.75) is 58.5 Å². The zero-order chi connectivity index (χ0) is 17.3. The largest absolute Gasteiger partial charge is 0.444 e. The first-order chi connectivity index (χ1) is 11.4. The Hall–Kier alpha value is -2.11. The molecule has 0 unspecified atom stereocenters. The number of amides is 1. The van der Waals surface area contributed by atoms with E-state index in [2.05, 4.69) is 34.2 Å². The Labute approximate surface area is 142 Å². The maximum atomic E-state index is 12.0. The number of rotatable bonds is 4. The Morgan fingerprint density at radius 1 is 1.33 bits per heavy atom. The van der Waals surface area contributed by atoms with Crippen molar-refractivity contribution in [2.24, 2.45) is 0 Å². The third-order valence-electron chi connectivity index (χ3n) is 4.21. The van der Waals surface area contributed by atoms with E-state index < -0.39 is 5.60 Å². The first kappa shape index (κ1) is 16.7. The van der Waals surface area contributed by atoms with Gasteiger partial charge >= 0.3 is 6.09 Å². The third-order valence-corrected chi connectivity index (χ3v) is 4.21. The fraction of sp³-hybridized carbons (Fsp3) is 0.611. The zero-order valence-electron chi connectivity index (χ0n) is 14.9. The summed E-state index contributed by atoms with van der Waals surface area (Å²) in [6.07, 6.45) is 3.01. The van der Waals surface area contributed by atoms with Gasteiger partial charge in [0.1, 0.15) is 5.60 Å². The number of likely N-dealkylation sites (tertiary alicyclic amines) is 1. The number of aryl methyl sites for hydroxylation is 1. The summed E-state index contributed by atoms with van der Waals surface area (Å²) in [5.74, 6) is 0.311. The van der Waals surface area contributed by atoms with Gasteiger partial charge in [0.15, 0.2) is 5.65 Å². The predicted molar refractivity (Wildman–Crippen MR) is 93.0 cm³/mol. The quantitative estimate of drug-likeness (QED) is 0.929. The number of hydrogen-bond donors (Lipinski definition) is 1. The van der Waals surface area contributed by atoms with Crippen LogP contribution in [0.15, 0.2) is 12.1 Å². The molecule has 24 heavy (non-hydrogen) atoms. The number of nitrogens with one attached hydrogen (secondary N) is 1. The van der Waals surface area contributed by atoms with E-state index in [9.17, 15) is 4.79 Å². The van der Waals surface area contributed by atoms with Gasteiger partial charge in [0.05, 0.1) is 5.69 Å². The van der Waals surface area contributed by atoms with E-state index in [0.29, 0.717) is 19.0 Å². The first-order valence-electron chi connectivity index (χ1n) is 8.69. The Balaban J connectivity index is 1.63. The second-order valence-corrected chi connectivity index (χ2v) is 7.55. The molecule has 1 aliphatic rings. The molecule has 1 amide bonds. The number of ether oxygens (including phenoxy) is 1. The van der Waals surface area contributed by atoms with E-state index in [4.69, 9.17) is 4.74 Å². The third kappa shape index (κ3) is 3.68. The lowest BCUT2D eigenvalue weighted by Crippen LogP contribution is -2.50. The summed E-state index contributed by atoms with van der Waals surface area (Å²) in [4.78, 5) is 17.1. The molecule has 1 aliphatic heterocycles. The highest BCUT2D eigenvalue weighted by atomic mass is 16.6. The monoisotopic (exact) mass is 330 g/mol. The van der Waals surface area contributed by atoms with Crippen LogP contribution in [0.5, 0.6) is 0 Å². The van der Waals surface area contributed by atoms with Crippen molar-refractivity contribution in [2.75, 3.05) is 13.1 Å². The van der Waals surface area contributed by atoms with Crippen LogP contribution in [0.1, 0.15) is 57.8 Å². The van der Waals surface area contributed by atoms with Gasteiger partial charge in [-0.05, 0) is 45.7 Å². The number of aromatic amines is 1.